The van der Waals surface area contributed by atoms with Crippen LogP contribution in [0.15, 0.2) is 30.3 Å². The molecule has 218 valence electrons. The van der Waals surface area contributed by atoms with Crippen LogP contribution in [0, 0.1) is 5.92 Å². The molecule has 14 heteroatoms. The topological polar surface area (TPSA) is 72.0 Å². The van der Waals surface area contributed by atoms with Crippen molar-refractivity contribution in [3.63, 3.8) is 0 Å². The maximum absolute atomic E-state index is 13.8. The fraction of sp³-hybridized carbons (Fsp3) is 0.500. The van der Waals surface area contributed by atoms with Crippen molar-refractivity contribution in [1.82, 2.24) is 9.88 Å². The summed E-state index contributed by atoms with van der Waals surface area (Å²) in [5.74, 6) is -0.0155. The first-order valence-corrected chi connectivity index (χ1v) is 12.8. The highest BCUT2D eigenvalue weighted by molar-refractivity contribution is 6.29. The highest BCUT2D eigenvalue weighted by Crippen LogP contribution is 2.50. The van der Waals surface area contributed by atoms with Gasteiger partial charge in [-0.15, -0.1) is 0 Å². The van der Waals surface area contributed by atoms with Gasteiger partial charge in [0.2, 0.25) is 0 Å². The Labute approximate surface area is 231 Å². The van der Waals surface area contributed by atoms with Crippen LogP contribution in [-0.2, 0) is 28.4 Å². The van der Waals surface area contributed by atoms with E-state index < -0.39 is 65.6 Å². The quantitative estimate of drug-likeness (QED) is 0.263. The predicted octanol–water partition coefficient (Wildman–Crippen LogP) is 7.62. The smallest absolute Gasteiger partial charge is 0.416 e. The molecule has 0 N–H and O–H groups in total. The van der Waals surface area contributed by atoms with Crippen LogP contribution in [0.2, 0.25) is 5.15 Å². The summed E-state index contributed by atoms with van der Waals surface area (Å²) in [6, 6.07) is 2.50. The number of carbonyl (C=O) groups is 2. The van der Waals surface area contributed by atoms with Crippen LogP contribution in [0.5, 0.6) is 0 Å². The lowest BCUT2D eigenvalue weighted by Crippen LogP contribution is -2.50. The number of aromatic nitrogens is 1. The van der Waals surface area contributed by atoms with Gasteiger partial charge in [-0.05, 0) is 74.9 Å². The molecule has 2 aliphatic rings. The minimum absolute atomic E-state index is 0.00599. The van der Waals surface area contributed by atoms with Crippen molar-refractivity contribution < 1.29 is 45.4 Å². The van der Waals surface area contributed by atoms with Gasteiger partial charge in [-0.3, -0.25) is 9.80 Å². The fourth-order valence-corrected chi connectivity index (χ4v) is 5.14. The van der Waals surface area contributed by atoms with E-state index in [1.54, 1.807) is 13.8 Å². The van der Waals surface area contributed by atoms with E-state index in [1.807, 2.05) is 0 Å². The number of carbonyl (C=O) groups excluding carboxylic acids is 2. The lowest BCUT2D eigenvalue weighted by molar-refractivity contribution is -0.138. The first kappa shape index (κ1) is 29.8. The molecule has 4 rings (SSSR count). The number of halogens is 7. The van der Waals surface area contributed by atoms with Gasteiger partial charge >= 0.3 is 24.5 Å². The fourth-order valence-electron chi connectivity index (χ4n) is 4.92. The van der Waals surface area contributed by atoms with E-state index in [-0.39, 0.29) is 29.3 Å². The van der Waals surface area contributed by atoms with E-state index >= 15 is 0 Å². The average molecular weight is 594 g/mol. The zero-order valence-corrected chi connectivity index (χ0v) is 22.4. The first-order chi connectivity index (χ1) is 18.6. The molecule has 2 heterocycles. The molecule has 0 unspecified atom stereocenters. The van der Waals surface area contributed by atoms with Gasteiger partial charge in [0.05, 0.1) is 48.3 Å². The van der Waals surface area contributed by atoms with E-state index in [9.17, 15) is 35.9 Å². The molecule has 1 aromatic heterocycles. The van der Waals surface area contributed by atoms with Crippen LogP contribution in [0.3, 0.4) is 0 Å². The molecule has 40 heavy (non-hydrogen) atoms. The van der Waals surface area contributed by atoms with E-state index in [1.165, 1.54) is 4.90 Å². The number of benzene rings is 1. The van der Waals surface area contributed by atoms with Crippen LogP contribution in [0.4, 0.5) is 41.6 Å². The molecule has 7 nitrogen and oxygen atoms in total. The zero-order valence-electron chi connectivity index (χ0n) is 21.6. The molecule has 0 bridgehead atoms. The molecule has 0 spiro atoms. The molecule has 2 amide bonds. The normalized spacial score (nSPS) is 19.3. The predicted molar refractivity (Wildman–Crippen MR) is 132 cm³/mol. The third kappa shape index (κ3) is 6.39. The zero-order chi connectivity index (χ0) is 29.6. The Balaban J connectivity index is 1.85. The van der Waals surface area contributed by atoms with Crippen molar-refractivity contribution >= 4 is 29.5 Å². The van der Waals surface area contributed by atoms with Crippen molar-refractivity contribution in [1.29, 1.82) is 0 Å². The molecule has 1 saturated carbocycles. The number of hydrogen-bond acceptors (Lipinski definition) is 5. The molecule has 2 aromatic rings. The molecule has 1 aliphatic carbocycles. The monoisotopic (exact) mass is 593 g/mol. The van der Waals surface area contributed by atoms with Crippen LogP contribution in [0.1, 0.15) is 61.5 Å². The number of amides is 2. The van der Waals surface area contributed by atoms with Gasteiger partial charge < -0.3 is 9.47 Å². The number of pyridine rings is 1. The van der Waals surface area contributed by atoms with Crippen molar-refractivity contribution in [2.45, 2.75) is 70.2 Å². The van der Waals surface area contributed by atoms with Gasteiger partial charge in [0, 0.05) is 6.04 Å². The van der Waals surface area contributed by atoms with E-state index in [2.05, 4.69) is 4.98 Å². The van der Waals surface area contributed by atoms with Gasteiger partial charge in [-0.25, -0.2) is 14.6 Å². The second kappa shape index (κ2) is 11.0. The van der Waals surface area contributed by atoms with Gasteiger partial charge in [-0.2, -0.15) is 26.3 Å². The summed E-state index contributed by atoms with van der Waals surface area (Å²) in [5.41, 5.74) is -2.30. The molecule has 1 aromatic carbocycles. The number of rotatable bonds is 5. The van der Waals surface area contributed by atoms with E-state index in [0.29, 0.717) is 12.1 Å². The lowest BCUT2D eigenvalue weighted by Gasteiger charge is -2.44. The Morgan fingerprint density at radius 3 is 2.27 bits per heavy atom. The number of methoxy groups -OCH3 is 1. The molecule has 0 radical (unpaired) electrons. The summed E-state index contributed by atoms with van der Waals surface area (Å²) < 4.78 is 91.8. The average Bonchev–Trinajstić information content (AvgIpc) is 3.69. The molecular formula is C26H26ClF6N3O4. The number of hydrogen-bond donors (Lipinski definition) is 0. The van der Waals surface area contributed by atoms with Crippen molar-refractivity contribution in [2.24, 2.45) is 5.92 Å². The number of ether oxygens (including phenoxy) is 2. The SMILES string of the molecule is COC(=O)N(Cc1cc(C(F)(F)F)cc(Cl)n1)[C@@H]1C[C@H](C2CC2)N(C(=O)OC(C)C)c2ccc(C(F)(F)F)cc21. The second-order valence-corrected chi connectivity index (χ2v) is 10.4. The Kier molecular flexibility index (Phi) is 8.17. The Morgan fingerprint density at radius 2 is 1.73 bits per heavy atom. The number of fused-ring (bicyclic) bond motifs is 1. The standard InChI is InChI=1S/C26H26ClF6N3O4/c1-13(2)40-24(38)36-19-7-6-15(25(28,29)30)9-18(19)21(11-20(36)14-4-5-14)35(23(37)39-3)12-17-8-16(26(31,32)33)10-22(27)34-17/h6-10,13-14,20-21H,4-5,11-12H2,1-3H3/t20-,21-/m1/s1. The highest BCUT2D eigenvalue weighted by atomic mass is 35.5. The first-order valence-electron chi connectivity index (χ1n) is 12.4. The maximum atomic E-state index is 13.8. The van der Waals surface area contributed by atoms with Crippen molar-refractivity contribution in [2.75, 3.05) is 12.0 Å². The molecule has 1 fully saturated rings. The summed E-state index contributed by atoms with van der Waals surface area (Å²) in [6.45, 7) is 2.72. The Bertz CT molecular complexity index is 1280. The third-order valence-corrected chi connectivity index (χ3v) is 6.95. The number of alkyl halides is 6. The Hall–Kier alpha value is -3.22. The molecule has 0 saturated heterocycles. The maximum Gasteiger partial charge on any atom is 0.416 e. The largest absolute Gasteiger partial charge is 0.453 e. The minimum Gasteiger partial charge on any atom is -0.453 e. The van der Waals surface area contributed by atoms with E-state index in [0.717, 1.165) is 43.1 Å². The van der Waals surface area contributed by atoms with Crippen LogP contribution < -0.4 is 4.90 Å². The summed E-state index contributed by atoms with van der Waals surface area (Å²) in [6.07, 6.45) is -10.3. The van der Waals surface area contributed by atoms with Gasteiger partial charge in [0.15, 0.2) is 0 Å². The lowest BCUT2D eigenvalue weighted by atomic mass is 9.87. The van der Waals surface area contributed by atoms with Crippen LogP contribution in [0.25, 0.3) is 0 Å². The Morgan fingerprint density at radius 1 is 1.07 bits per heavy atom. The highest BCUT2D eigenvalue weighted by Gasteiger charge is 2.48. The van der Waals surface area contributed by atoms with Gasteiger partial charge in [-0.1, -0.05) is 11.6 Å². The minimum atomic E-state index is -4.76. The molecular weight excluding hydrogens is 568 g/mol. The van der Waals surface area contributed by atoms with Crippen LogP contribution >= 0.6 is 11.6 Å². The summed E-state index contributed by atoms with van der Waals surface area (Å²) in [4.78, 5) is 32.4. The number of anilines is 1. The van der Waals surface area contributed by atoms with Gasteiger partial charge in [0.1, 0.15) is 5.15 Å². The van der Waals surface area contributed by atoms with E-state index in [4.69, 9.17) is 21.1 Å². The second-order valence-electron chi connectivity index (χ2n) is 10.00. The summed E-state index contributed by atoms with van der Waals surface area (Å²) in [5, 5.41) is -0.475. The number of nitrogens with zero attached hydrogens (tertiary/aromatic N) is 3. The molecule has 2 atom stereocenters. The molecule has 1 aliphatic heterocycles. The van der Waals surface area contributed by atoms with Crippen LogP contribution in [-0.4, -0.2) is 41.3 Å². The van der Waals surface area contributed by atoms with Crippen molar-refractivity contribution in [3.8, 4) is 0 Å². The summed E-state index contributed by atoms with van der Waals surface area (Å²) >= 11 is 5.83. The summed E-state index contributed by atoms with van der Waals surface area (Å²) in [7, 11) is 1.04. The van der Waals surface area contributed by atoms with Gasteiger partial charge in [0.25, 0.3) is 0 Å². The van der Waals surface area contributed by atoms with Crippen molar-refractivity contribution in [3.05, 3.63) is 57.9 Å². The third-order valence-electron chi connectivity index (χ3n) is 6.76.